The highest BCUT2D eigenvalue weighted by Gasteiger charge is 2.11. The minimum Gasteiger partial charge on any atom is -0.497 e. The smallest absolute Gasteiger partial charge is 0.319 e. The third kappa shape index (κ3) is 5.13. The van der Waals surface area contributed by atoms with Gasteiger partial charge in [0.05, 0.1) is 26.5 Å². The Balaban J connectivity index is 1.69. The lowest BCUT2D eigenvalue weighted by atomic mass is 10.1. The summed E-state index contributed by atoms with van der Waals surface area (Å²) >= 11 is 0. The number of carbonyl (C=O) groups is 1. The lowest BCUT2D eigenvalue weighted by Gasteiger charge is -2.12. The Morgan fingerprint density at radius 3 is 2.67 bits per heavy atom. The molecule has 2 amide bonds. The van der Waals surface area contributed by atoms with Crippen molar-refractivity contribution in [1.82, 2.24) is 15.1 Å². The first kappa shape index (κ1) is 20.8. The lowest BCUT2D eigenvalue weighted by molar-refractivity contribution is 0.251. The molecule has 2 N–H and O–H groups in total. The molecule has 30 heavy (non-hydrogen) atoms. The predicted octanol–water partition coefficient (Wildman–Crippen LogP) is 2.89. The highest BCUT2D eigenvalue weighted by Crippen LogP contribution is 2.31. The fraction of sp³-hybridized carbons (Fsp3) is 0.190. The molecule has 1 heterocycles. The second-order valence-electron chi connectivity index (χ2n) is 6.24. The van der Waals surface area contributed by atoms with E-state index < -0.39 is 11.8 Å². The van der Waals surface area contributed by atoms with Crippen molar-refractivity contribution >= 4 is 11.7 Å². The number of nitrogens with zero attached hydrogens (tertiary/aromatic N) is 2. The third-order valence-electron chi connectivity index (χ3n) is 4.24. The van der Waals surface area contributed by atoms with E-state index in [0.717, 1.165) is 0 Å². The van der Waals surface area contributed by atoms with Gasteiger partial charge in [0.25, 0.3) is 5.56 Å². The van der Waals surface area contributed by atoms with Crippen molar-refractivity contribution in [2.45, 2.75) is 6.54 Å². The number of aromatic nitrogens is 2. The van der Waals surface area contributed by atoms with E-state index in [1.54, 1.807) is 44.6 Å². The molecule has 8 nitrogen and oxygen atoms in total. The Morgan fingerprint density at radius 1 is 1.10 bits per heavy atom. The van der Waals surface area contributed by atoms with Gasteiger partial charge in [0.15, 0.2) is 0 Å². The van der Waals surface area contributed by atoms with Crippen molar-refractivity contribution in [2.75, 3.05) is 26.1 Å². The van der Waals surface area contributed by atoms with Gasteiger partial charge in [0.2, 0.25) is 0 Å². The molecule has 0 saturated carbocycles. The molecule has 0 saturated heterocycles. The van der Waals surface area contributed by atoms with Gasteiger partial charge in [-0.25, -0.2) is 13.9 Å². The van der Waals surface area contributed by atoms with Crippen molar-refractivity contribution in [3.63, 3.8) is 0 Å². The molecule has 0 aliphatic heterocycles. The van der Waals surface area contributed by atoms with Crippen molar-refractivity contribution in [1.29, 1.82) is 0 Å². The van der Waals surface area contributed by atoms with E-state index >= 15 is 0 Å². The molecule has 0 bridgehead atoms. The number of rotatable bonds is 7. The number of anilines is 1. The number of benzene rings is 2. The zero-order valence-corrected chi connectivity index (χ0v) is 16.5. The van der Waals surface area contributed by atoms with Crippen molar-refractivity contribution < 1.29 is 18.7 Å². The molecular formula is C21H21FN4O4. The van der Waals surface area contributed by atoms with Crippen LogP contribution in [-0.2, 0) is 6.54 Å². The fourth-order valence-corrected chi connectivity index (χ4v) is 2.78. The first-order valence-corrected chi connectivity index (χ1v) is 9.11. The number of amides is 2. The monoisotopic (exact) mass is 412 g/mol. The van der Waals surface area contributed by atoms with Crippen LogP contribution in [0.4, 0.5) is 14.9 Å². The van der Waals surface area contributed by atoms with E-state index in [2.05, 4.69) is 15.7 Å². The van der Waals surface area contributed by atoms with Crippen LogP contribution in [0.3, 0.4) is 0 Å². The van der Waals surface area contributed by atoms with E-state index in [1.807, 2.05) is 0 Å². The first-order chi connectivity index (χ1) is 14.5. The molecule has 9 heteroatoms. The number of urea groups is 1. The highest BCUT2D eigenvalue weighted by molar-refractivity contribution is 5.89. The Hall–Kier alpha value is -3.88. The summed E-state index contributed by atoms with van der Waals surface area (Å²) in [6.07, 6.45) is 0. The number of hydrogen-bond donors (Lipinski definition) is 2. The molecule has 0 unspecified atom stereocenters. The summed E-state index contributed by atoms with van der Waals surface area (Å²) in [7, 11) is 3.10. The summed E-state index contributed by atoms with van der Waals surface area (Å²) in [6.45, 7) is 0.294. The van der Waals surface area contributed by atoms with Gasteiger partial charge < -0.3 is 20.1 Å². The molecule has 0 fully saturated rings. The Kier molecular flexibility index (Phi) is 6.63. The van der Waals surface area contributed by atoms with Gasteiger partial charge in [-0.1, -0.05) is 6.07 Å². The first-order valence-electron chi connectivity index (χ1n) is 9.11. The number of methoxy groups -OCH3 is 2. The van der Waals surface area contributed by atoms with Gasteiger partial charge in [-0.2, -0.15) is 5.10 Å². The second kappa shape index (κ2) is 9.55. The SMILES string of the molecule is COc1ccc(OC)c(-c2ccc(=O)n(CCNC(=O)Nc3cccc(F)c3)n2)c1. The van der Waals surface area contributed by atoms with Crippen LogP contribution in [0.25, 0.3) is 11.3 Å². The molecule has 2 aromatic carbocycles. The maximum atomic E-state index is 13.2. The molecule has 1 aromatic heterocycles. The zero-order valence-electron chi connectivity index (χ0n) is 16.5. The van der Waals surface area contributed by atoms with E-state index in [-0.39, 0.29) is 18.6 Å². The summed E-state index contributed by atoms with van der Waals surface area (Å²) in [5, 5.41) is 9.50. The van der Waals surface area contributed by atoms with Crippen LogP contribution in [-0.4, -0.2) is 36.6 Å². The normalized spacial score (nSPS) is 10.4. The maximum absolute atomic E-state index is 13.2. The molecule has 156 valence electrons. The predicted molar refractivity (Wildman–Crippen MR) is 110 cm³/mol. The van der Waals surface area contributed by atoms with Crippen LogP contribution in [0.1, 0.15) is 0 Å². The number of nitrogens with one attached hydrogen (secondary N) is 2. The van der Waals surface area contributed by atoms with Crippen LogP contribution >= 0.6 is 0 Å². The largest absolute Gasteiger partial charge is 0.497 e. The van der Waals surface area contributed by atoms with Gasteiger partial charge in [-0.3, -0.25) is 4.79 Å². The number of hydrogen-bond acceptors (Lipinski definition) is 5. The van der Waals surface area contributed by atoms with Gasteiger partial charge in [-0.15, -0.1) is 0 Å². The molecular weight excluding hydrogens is 391 g/mol. The Bertz CT molecular complexity index is 1100. The minimum absolute atomic E-state index is 0.146. The van der Waals surface area contributed by atoms with Crippen LogP contribution in [0.2, 0.25) is 0 Å². The van der Waals surface area contributed by atoms with E-state index in [4.69, 9.17) is 9.47 Å². The third-order valence-corrected chi connectivity index (χ3v) is 4.24. The number of halogens is 1. The van der Waals surface area contributed by atoms with Crippen molar-refractivity contribution in [2.24, 2.45) is 0 Å². The zero-order chi connectivity index (χ0) is 21.5. The average Bonchev–Trinajstić information content (AvgIpc) is 2.74. The molecule has 0 atom stereocenters. The molecule has 3 aromatic rings. The van der Waals surface area contributed by atoms with E-state index in [1.165, 1.54) is 28.9 Å². The van der Waals surface area contributed by atoms with E-state index in [9.17, 15) is 14.0 Å². The lowest BCUT2D eigenvalue weighted by Crippen LogP contribution is -2.34. The highest BCUT2D eigenvalue weighted by atomic mass is 19.1. The van der Waals surface area contributed by atoms with Crippen LogP contribution in [0.5, 0.6) is 11.5 Å². The summed E-state index contributed by atoms with van der Waals surface area (Å²) in [4.78, 5) is 24.1. The summed E-state index contributed by atoms with van der Waals surface area (Å²) in [5.74, 6) is 0.760. The molecule has 3 rings (SSSR count). The van der Waals surface area contributed by atoms with Crippen LogP contribution < -0.4 is 25.7 Å². The topological polar surface area (TPSA) is 94.5 Å². The van der Waals surface area contributed by atoms with Gasteiger partial charge in [-0.05, 0) is 42.5 Å². The van der Waals surface area contributed by atoms with Gasteiger partial charge >= 0.3 is 6.03 Å². The van der Waals surface area contributed by atoms with Crippen LogP contribution in [0.15, 0.2) is 59.4 Å². The minimum atomic E-state index is -0.515. The fourth-order valence-electron chi connectivity index (χ4n) is 2.78. The second-order valence-corrected chi connectivity index (χ2v) is 6.24. The quantitative estimate of drug-likeness (QED) is 0.622. The molecule has 0 aliphatic rings. The van der Waals surface area contributed by atoms with Crippen LogP contribution in [0, 0.1) is 5.82 Å². The Labute approximate surface area is 172 Å². The standard InChI is InChI=1S/C21H21FN4O4/c1-29-16-6-8-19(30-2)17(13-16)18-7-9-20(27)26(25-18)11-10-23-21(28)24-15-5-3-4-14(22)12-15/h3-9,12-13H,10-11H2,1-2H3,(H2,23,24,28). The maximum Gasteiger partial charge on any atom is 0.319 e. The number of carbonyl (C=O) groups excluding carboxylic acids is 1. The molecule has 0 spiro atoms. The van der Waals surface area contributed by atoms with E-state index in [0.29, 0.717) is 28.4 Å². The van der Waals surface area contributed by atoms with Gasteiger partial charge in [0.1, 0.15) is 17.3 Å². The summed E-state index contributed by atoms with van der Waals surface area (Å²) in [5.41, 5.74) is 1.21. The van der Waals surface area contributed by atoms with Crippen molar-refractivity contribution in [3.05, 3.63) is 70.8 Å². The molecule has 0 radical (unpaired) electrons. The average molecular weight is 412 g/mol. The Morgan fingerprint density at radius 2 is 1.93 bits per heavy atom. The van der Waals surface area contributed by atoms with Gasteiger partial charge in [0, 0.05) is 23.9 Å². The summed E-state index contributed by atoms with van der Waals surface area (Å²) < 4.78 is 25.0. The molecule has 0 aliphatic carbocycles. The number of ether oxygens (including phenoxy) is 2. The van der Waals surface area contributed by atoms with Crippen molar-refractivity contribution in [3.8, 4) is 22.8 Å². The summed E-state index contributed by atoms with van der Waals surface area (Å²) in [6, 6.07) is 13.3.